The van der Waals surface area contributed by atoms with E-state index in [0.29, 0.717) is 6.42 Å². The zero-order valence-corrected chi connectivity index (χ0v) is 19.0. The standard InChI is InChI=1S/C11H21F3.C5H9F3.C2H6.2Ar/c1-9(2,3)7-6-8-10(4,5)11(12,13)14;1-4(2,3)5(6,7)8;1-2;;/h6-8H2,1-5H3;1-3H3;1-2H3;;. The Labute approximate surface area is 216 Å². The summed E-state index contributed by atoms with van der Waals surface area (Å²) in [5, 5.41) is 0. The first kappa shape index (κ1) is 38.7. The Kier molecular flexibility index (Phi) is 22.3. The van der Waals surface area contributed by atoms with E-state index in [4.69, 9.17) is 0 Å². The molecule has 8 heteroatoms. The van der Waals surface area contributed by atoms with Crippen LogP contribution in [0.25, 0.3) is 0 Å². The van der Waals surface area contributed by atoms with Crippen molar-refractivity contribution in [2.24, 2.45) is 16.2 Å². The summed E-state index contributed by atoms with van der Waals surface area (Å²) < 4.78 is 72.0. The van der Waals surface area contributed by atoms with Crippen molar-refractivity contribution in [3.63, 3.8) is 0 Å². The first-order valence-corrected chi connectivity index (χ1v) is 8.34. The molecule has 0 radical (unpaired) electrons. The van der Waals surface area contributed by atoms with Gasteiger partial charge in [0.15, 0.2) is 0 Å². The summed E-state index contributed by atoms with van der Waals surface area (Å²) >= 11 is 0. The second-order valence-electron chi connectivity index (χ2n) is 8.54. The van der Waals surface area contributed by atoms with E-state index in [1.165, 1.54) is 13.8 Å². The summed E-state index contributed by atoms with van der Waals surface area (Å²) in [6, 6.07) is 0. The van der Waals surface area contributed by atoms with Crippen LogP contribution >= 0.6 is 0 Å². The molecule has 0 unspecified atom stereocenters. The van der Waals surface area contributed by atoms with Gasteiger partial charge < -0.3 is 0 Å². The minimum atomic E-state index is -4.08. The summed E-state index contributed by atoms with van der Waals surface area (Å²) in [5.74, 6) is 0. The second kappa shape index (κ2) is 15.0. The average molecular weight is 446 g/mol. The van der Waals surface area contributed by atoms with Gasteiger partial charge in [0.2, 0.25) is 0 Å². The monoisotopic (exact) mass is 446 g/mol. The maximum Gasteiger partial charge on any atom is 0.393 e. The normalized spacial score (nSPS) is 12.5. The molecule has 0 nitrogen and oxygen atoms in total. The molecule has 166 valence electrons. The molecule has 0 aromatic carbocycles. The third-order valence-corrected chi connectivity index (χ3v) is 3.35. The Morgan fingerprint density at radius 3 is 0.962 bits per heavy atom. The van der Waals surface area contributed by atoms with Crippen molar-refractivity contribution >= 4 is 0 Å². The van der Waals surface area contributed by atoms with Crippen LogP contribution in [0.4, 0.5) is 26.3 Å². The topological polar surface area (TPSA) is 0 Å². The molecule has 26 heavy (non-hydrogen) atoms. The number of rotatable bonds is 3. The first-order valence-electron chi connectivity index (χ1n) is 8.34. The number of halogens is 6. The van der Waals surface area contributed by atoms with Gasteiger partial charge in [-0.1, -0.05) is 75.7 Å². The number of hydrogen-bond donors (Lipinski definition) is 0. The molecule has 0 aromatic rings. The fourth-order valence-electron chi connectivity index (χ4n) is 1.20. The van der Waals surface area contributed by atoms with Crippen molar-refractivity contribution in [3.05, 3.63) is 0 Å². The van der Waals surface area contributed by atoms with E-state index in [1.54, 1.807) is 0 Å². The van der Waals surface area contributed by atoms with Gasteiger partial charge in [-0.05, 0) is 18.3 Å². The predicted octanol–water partition coefficient (Wildman–Crippen LogP) is 8.41. The Morgan fingerprint density at radius 2 is 0.808 bits per heavy atom. The van der Waals surface area contributed by atoms with Gasteiger partial charge in [0, 0.05) is 75.5 Å². The maximum absolute atomic E-state index is 12.5. The molecule has 0 aliphatic carbocycles. The summed E-state index contributed by atoms with van der Waals surface area (Å²) in [4.78, 5) is 0. The van der Waals surface area contributed by atoms with Crippen molar-refractivity contribution in [2.45, 2.75) is 101 Å². The summed E-state index contributed by atoms with van der Waals surface area (Å²) in [6.07, 6.45) is -6.45. The van der Waals surface area contributed by atoms with Crippen molar-refractivity contribution in [2.75, 3.05) is 0 Å². The van der Waals surface area contributed by atoms with E-state index >= 15 is 0 Å². The van der Waals surface area contributed by atoms with Crippen LogP contribution in [0.5, 0.6) is 0 Å². The Morgan fingerprint density at radius 1 is 0.538 bits per heavy atom. The van der Waals surface area contributed by atoms with E-state index in [9.17, 15) is 26.3 Å². The zero-order valence-electron chi connectivity index (χ0n) is 17.6. The quantitative estimate of drug-likeness (QED) is 0.382. The zero-order chi connectivity index (χ0) is 20.6. The fourth-order valence-corrected chi connectivity index (χ4v) is 1.20. The summed E-state index contributed by atoms with van der Waals surface area (Å²) in [6.45, 7) is 16.1. The average Bonchev–Trinajstić information content (AvgIpc) is 2.26. The minimum Gasteiger partial charge on any atom is -0.171 e. The van der Waals surface area contributed by atoms with Crippen LogP contribution in [0.15, 0.2) is 0 Å². The van der Waals surface area contributed by atoms with Crippen molar-refractivity contribution in [1.29, 1.82) is 0 Å². The second-order valence-corrected chi connectivity index (χ2v) is 8.54. The fraction of sp³-hybridized carbons (Fsp3) is 1.00. The van der Waals surface area contributed by atoms with Crippen molar-refractivity contribution in [3.8, 4) is 0 Å². The van der Waals surface area contributed by atoms with Crippen molar-refractivity contribution in [1.82, 2.24) is 0 Å². The molecule has 0 amide bonds. The molecular formula is C18H36Ar2F6. The van der Waals surface area contributed by atoms with Crippen LogP contribution in [0.1, 0.15) is 88.5 Å². The van der Waals surface area contributed by atoms with Crippen LogP contribution in [0.3, 0.4) is 0 Å². The van der Waals surface area contributed by atoms with Gasteiger partial charge in [0.1, 0.15) is 0 Å². The van der Waals surface area contributed by atoms with Crippen LogP contribution in [-0.2, 0) is 0 Å². The predicted molar refractivity (Wildman–Crippen MR) is 90.0 cm³/mol. The summed E-state index contributed by atoms with van der Waals surface area (Å²) in [5.41, 5.74) is -2.98. The van der Waals surface area contributed by atoms with E-state index < -0.39 is 23.2 Å². The van der Waals surface area contributed by atoms with E-state index in [1.807, 2.05) is 34.6 Å². The Hall–Kier alpha value is 2.10. The van der Waals surface area contributed by atoms with Crippen LogP contribution in [0.2, 0.25) is 0 Å². The molecule has 0 heterocycles. The molecule has 0 aliphatic heterocycles. The minimum absolute atomic E-state index is 0. The first-order chi connectivity index (χ1) is 10.2. The third kappa shape index (κ3) is 20.8. The molecule has 0 atom stereocenters. The molecule has 0 bridgehead atoms. The van der Waals surface area contributed by atoms with Crippen molar-refractivity contribution < 1.29 is 102 Å². The van der Waals surface area contributed by atoms with Gasteiger partial charge in [-0.2, -0.15) is 26.3 Å². The molecule has 0 rings (SSSR count). The van der Waals surface area contributed by atoms with E-state index in [2.05, 4.69) is 0 Å². The SMILES string of the molecule is CC.CC(C)(C)C(F)(F)F.CC(C)(C)CCCC(C)(C)C(F)(F)F.[Ar].[Ar]. The molecular weight excluding hydrogens is 410 g/mol. The molecule has 0 spiro atoms. The molecule has 0 saturated heterocycles. The maximum atomic E-state index is 12.5. The molecule has 0 aliphatic rings. The van der Waals surface area contributed by atoms with Gasteiger partial charge in [-0.25, -0.2) is 0 Å². The molecule has 0 fully saturated rings. The van der Waals surface area contributed by atoms with Crippen LogP contribution in [-0.4, -0.2) is 12.4 Å². The molecule has 0 aromatic heterocycles. The third-order valence-electron chi connectivity index (χ3n) is 3.35. The van der Waals surface area contributed by atoms with Crippen LogP contribution < -0.4 is 0 Å². The Bertz CT molecular complexity index is 309. The number of alkyl halides is 6. The van der Waals surface area contributed by atoms with Gasteiger partial charge in [-0.3, -0.25) is 0 Å². The molecule has 0 N–H and O–H groups in total. The van der Waals surface area contributed by atoms with Gasteiger partial charge in [0.05, 0.1) is 10.8 Å². The van der Waals surface area contributed by atoms with Gasteiger partial charge in [0.25, 0.3) is 0 Å². The van der Waals surface area contributed by atoms with Crippen LogP contribution in [0, 0.1) is 91.7 Å². The van der Waals surface area contributed by atoms with E-state index in [-0.39, 0.29) is 87.3 Å². The number of hydrogen-bond acceptors (Lipinski definition) is 0. The summed E-state index contributed by atoms with van der Waals surface area (Å²) in [7, 11) is 0. The smallest absolute Gasteiger partial charge is 0.171 e. The Balaban J connectivity index is -0.000000106. The molecule has 0 saturated carbocycles. The van der Waals surface area contributed by atoms with Gasteiger partial charge >= 0.3 is 12.4 Å². The van der Waals surface area contributed by atoms with Gasteiger partial charge in [-0.15, -0.1) is 0 Å². The van der Waals surface area contributed by atoms with E-state index in [0.717, 1.165) is 27.2 Å². The largest absolute Gasteiger partial charge is 0.393 e.